The molecule has 0 spiro atoms. The molecule has 2 aromatic carbocycles. The predicted molar refractivity (Wildman–Crippen MR) is 231 cm³/mol. The summed E-state index contributed by atoms with van der Waals surface area (Å²) in [5.74, 6) is 0.900. The molecule has 0 bridgehead atoms. The summed E-state index contributed by atoms with van der Waals surface area (Å²) in [6, 6.07) is 21.3. The average molecular weight is 819 g/mol. The van der Waals surface area contributed by atoms with Crippen LogP contribution in [0.15, 0.2) is 104 Å². The standard InChI is InChI=1S/C29H37.C12H19.C6H5.CH3.CH2.2ClH.Zr/c1-18-25-22-17-19-13-9-10-14-20(19)24(22)21-15-11-12-16-23(21)29(25,8)28(6,7)27(4,5)26(18,2)3;1-5-6-10-7-8-11(9-10)12(2,3)4;1-2-4-6-5-3-1;;;;;/h9-11,13-15,23H,12,16-17H2,1-8H3;8-10H,5-6H2,1-4H3;1-5H;1H3;1H2;2*1H;. The van der Waals surface area contributed by atoms with E-state index in [0.717, 1.165) is 12.8 Å². The zero-order chi connectivity index (χ0) is 36.5. The van der Waals surface area contributed by atoms with E-state index in [2.05, 4.69) is 167 Å². The summed E-state index contributed by atoms with van der Waals surface area (Å²) in [6.45, 7) is 31.2. The number of benzene rings is 2. The third kappa shape index (κ3) is 4.76. The van der Waals surface area contributed by atoms with E-state index in [0.29, 0.717) is 11.8 Å². The van der Waals surface area contributed by atoms with Crippen molar-refractivity contribution in [3.8, 4) is 0 Å². The first kappa shape index (κ1) is 41.6. The summed E-state index contributed by atoms with van der Waals surface area (Å²) in [5, 5.41) is 0. The molecule has 282 valence electrons. The number of fused-ring (bicyclic) bond motifs is 6. The van der Waals surface area contributed by atoms with Crippen LogP contribution in [0.25, 0.3) is 5.57 Å². The fraction of sp³-hybridized carbons (Fsp3) is 0.531. The van der Waals surface area contributed by atoms with Crippen LogP contribution in [-0.2, 0) is 24.7 Å². The number of rotatable bonds is 5. The van der Waals surface area contributed by atoms with Crippen molar-refractivity contribution in [3.63, 3.8) is 0 Å². The molecule has 2 aromatic rings. The van der Waals surface area contributed by atoms with E-state index in [4.69, 9.17) is 4.21 Å². The van der Waals surface area contributed by atoms with E-state index in [-0.39, 0.29) is 55.0 Å². The fourth-order valence-electron chi connectivity index (χ4n) is 13.1. The van der Waals surface area contributed by atoms with Gasteiger partial charge in [0, 0.05) is 0 Å². The molecular formula is C49H68Cl2Zr. The number of hydrogen-bond donors (Lipinski definition) is 0. The molecule has 0 nitrogen and oxygen atoms in total. The number of halogens is 2. The predicted octanol–water partition coefficient (Wildman–Crippen LogP) is 14.2. The van der Waals surface area contributed by atoms with Crippen LogP contribution in [0, 0.1) is 38.9 Å². The van der Waals surface area contributed by atoms with Crippen LogP contribution in [0.2, 0.25) is 7.75 Å². The second-order valence-corrected chi connectivity index (χ2v) is 35.7. The first-order chi connectivity index (χ1) is 23.1. The van der Waals surface area contributed by atoms with Crippen LogP contribution in [0.3, 0.4) is 0 Å². The Bertz CT molecular complexity index is 2000. The SMILES string of the molecule is Cl.Cl.[CH2]=[Zr]([CH3])([C]1=CC(C(C)(C)C)=CC1CCC)([c]1ccccc1)[C]1(C)C2=C3Cc4ccccc4C3=C3C=CCCC3C2(C)C(C)(C)C(C)(C)C1(C)C. The molecule has 52 heavy (non-hydrogen) atoms. The monoisotopic (exact) mass is 816 g/mol. The maximum absolute atomic E-state index is 6.04. The van der Waals surface area contributed by atoms with Gasteiger partial charge in [-0.15, -0.1) is 24.8 Å². The normalized spacial score (nSPS) is 29.9. The Morgan fingerprint density at radius 2 is 1.44 bits per heavy atom. The molecule has 0 aliphatic heterocycles. The molecule has 0 amide bonds. The van der Waals surface area contributed by atoms with Gasteiger partial charge in [-0.05, 0) is 0 Å². The topological polar surface area (TPSA) is 0 Å². The van der Waals surface area contributed by atoms with Crippen molar-refractivity contribution in [2.24, 2.45) is 38.9 Å². The third-order valence-electron chi connectivity index (χ3n) is 17.5. The van der Waals surface area contributed by atoms with Gasteiger partial charge in [-0.1, -0.05) is 0 Å². The minimum absolute atomic E-state index is 0. The quantitative estimate of drug-likeness (QED) is 0.282. The summed E-state index contributed by atoms with van der Waals surface area (Å²) in [6.07, 6.45) is 16.2. The summed E-state index contributed by atoms with van der Waals surface area (Å²) in [4.78, 5) is 0. The molecule has 4 atom stereocenters. The van der Waals surface area contributed by atoms with Gasteiger partial charge in [0.1, 0.15) is 0 Å². The van der Waals surface area contributed by atoms with Crippen molar-refractivity contribution in [2.45, 2.75) is 123 Å². The molecule has 5 aliphatic rings. The number of hydrogen-bond acceptors (Lipinski definition) is 0. The first-order valence-electron chi connectivity index (χ1n) is 19.9. The summed E-state index contributed by atoms with van der Waals surface area (Å²) in [5.41, 5.74) is 11.1. The van der Waals surface area contributed by atoms with Crippen LogP contribution in [-0.4, -0.2) is 4.21 Å². The molecule has 0 aromatic heterocycles. The van der Waals surface area contributed by atoms with Gasteiger partial charge in [0.2, 0.25) is 0 Å². The second-order valence-electron chi connectivity index (χ2n) is 20.5. The van der Waals surface area contributed by atoms with E-state index in [9.17, 15) is 0 Å². The van der Waals surface area contributed by atoms with Gasteiger partial charge >= 0.3 is 309 Å². The van der Waals surface area contributed by atoms with E-state index in [1.165, 1.54) is 36.0 Å². The van der Waals surface area contributed by atoms with Gasteiger partial charge in [-0.3, -0.25) is 0 Å². The van der Waals surface area contributed by atoms with Crippen molar-refractivity contribution in [1.82, 2.24) is 0 Å². The van der Waals surface area contributed by atoms with Crippen LogP contribution < -0.4 is 3.27 Å². The van der Waals surface area contributed by atoms with Crippen LogP contribution in [0.4, 0.5) is 0 Å². The zero-order valence-corrected chi connectivity index (χ0v) is 38.8. The molecule has 7 rings (SSSR count). The van der Waals surface area contributed by atoms with Crippen LogP contribution in [0.5, 0.6) is 0 Å². The second kappa shape index (κ2) is 12.8. The van der Waals surface area contributed by atoms with Crippen LogP contribution >= 0.6 is 24.8 Å². The van der Waals surface area contributed by atoms with Crippen molar-refractivity contribution in [2.75, 3.05) is 0 Å². The summed E-state index contributed by atoms with van der Waals surface area (Å²) < 4.78 is 12.0. The van der Waals surface area contributed by atoms with Gasteiger partial charge in [-0.2, -0.15) is 0 Å². The van der Waals surface area contributed by atoms with Crippen LogP contribution in [0.1, 0.15) is 120 Å². The van der Waals surface area contributed by atoms with E-state index in [1.54, 1.807) is 28.8 Å². The van der Waals surface area contributed by atoms with E-state index < -0.39 is 18.3 Å². The molecule has 0 N–H and O–H groups in total. The molecule has 0 radical (unpaired) electrons. The van der Waals surface area contributed by atoms with E-state index >= 15 is 0 Å². The first-order valence-corrected chi connectivity index (χ1v) is 27.8. The fourth-order valence-corrected chi connectivity index (χ4v) is 31.4. The molecule has 0 saturated heterocycles. The van der Waals surface area contributed by atoms with Crippen molar-refractivity contribution < 1.29 is 18.3 Å². The minimum atomic E-state index is -4.80. The Morgan fingerprint density at radius 1 is 0.827 bits per heavy atom. The molecule has 3 heteroatoms. The Morgan fingerprint density at radius 3 is 2.06 bits per heavy atom. The molecule has 1 saturated carbocycles. The zero-order valence-electron chi connectivity index (χ0n) is 34.7. The number of allylic oxidation sites excluding steroid dienone is 10. The maximum atomic E-state index is 6.04. The Balaban J connectivity index is 0.00000261. The van der Waals surface area contributed by atoms with Crippen molar-refractivity contribution >= 4 is 37.9 Å². The van der Waals surface area contributed by atoms with Crippen molar-refractivity contribution in [1.29, 1.82) is 0 Å². The van der Waals surface area contributed by atoms with E-state index in [1.807, 2.05) is 0 Å². The Labute approximate surface area is 331 Å². The average Bonchev–Trinajstić information content (AvgIpc) is 3.67. The molecular weight excluding hydrogens is 751 g/mol. The summed E-state index contributed by atoms with van der Waals surface area (Å²) >= 11 is -4.80. The molecule has 4 unspecified atom stereocenters. The summed E-state index contributed by atoms with van der Waals surface area (Å²) in [7, 11) is 0. The molecule has 0 heterocycles. The molecule has 5 aliphatic carbocycles. The van der Waals surface area contributed by atoms with Gasteiger partial charge in [0.15, 0.2) is 0 Å². The molecule has 1 fully saturated rings. The third-order valence-corrected chi connectivity index (χ3v) is 36.1. The Hall–Kier alpha value is -1.53. The van der Waals surface area contributed by atoms with Gasteiger partial charge < -0.3 is 0 Å². The van der Waals surface area contributed by atoms with Gasteiger partial charge in [-0.25, -0.2) is 0 Å². The Kier molecular flexibility index (Phi) is 10.2. The van der Waals surface area contributed by atoms with Crippen molar-refractivity contribution in [3.05, 3.63) is 116 Å². The van der Waals surface area contributed by atoms with Gasteiger partial charge in [0.25, 0.3) is 0 Å². The van der Waals surface area contributed by atoms with Gasteiger partial charge in [0.05, 0.1) is 0 Å².